The number of hydrogen-bond donors (Lipinski definition) is 1. The molecule has 2 aromatic heterocycles. The van der Waals surface area contributed by atoms with E-state index < -0.39 is 0 Å². The number of hydrogen-bond acceptors (Lipinski definition) is 5. The van der Waals surface area contributed by atoms with Crippen LogP contribution in [0.25, 0.3) is 11.4 Å². The lowest BCUT2D eigenvalue weighted by atomic mass is 10.0. The maximum atomic E-state index is 4.36. The van der Waals surface area contributed by atoms with E-state index in [-0.39, 0.29) is 0 Å². The predicted molar refractivity (Wildman–Crippen MR) is 65.7 cm³/mol. The van der Waals surface area contributed by atoms with Crippen molar-refractivity contribution in [3.8, 4) is 11.4 Å². The lowest BCUT2D eigenvalue weighted by Crippen LogP contribution is -2.06. The minimum atomic E-state index is 0.323. The van der Waals surface area contributed by atoms with Crippen molar-refractivity contribution >= 4 is 5.82 Å². The second-order valence-corrected chi connectivity index (χ2v) is 4.13. The second-order valence-electron chi connectivity index (χ2n) is 4.13. The van der Waals surface area contributed by atoms with Crippen LogP contribution in [0, 0.1) is 0 Å². The first-order valence-electron chi connectivity index (χ1n) is 5.52. The fraction of sp³-hybridized carbons (Fsp3) is 0.455. The summed E-state index contributed by atoms with van der Waals surface area (Å²) in [5.74, 6) is 1.18. The van der Waals surface area contributed by atoms with Gasteiger partial charge in [-0.1, -0.05) is 19.1 Å². The molecule has 0 spiro atoms. The van der Waals surface area contributed by atoms with E-state index in [0.717, 1.165) is 22.8 Å². The summed E-state index contributed by atoms with van der Waals surface area (Å²) in [6, 6.07) is 0. The molecule has 0 fully saturated rings. The number of aryl methyl sites for hydroxylation is 1. The van der Waals surface area contributed by atoms with Gasteiger partial charge in [0, 0.05) is 19.7 Å². The van der Waals surface area contributed by atoms with Gasteiger partial charge in [0.2, 0.25) is 0 Å². The van der Waals surface area contributed by atoms with Crippen molar-refractivity contribution in [3.63, 3.8) is 0 Å². The molecule has 0 radical (unpaired) electrons. The molecule has 0 bridgehead atoms. The van der Waals surface area contributed by atoms with E-state index in [1.807, 2.05) is 14.1 Å². The third-order valence-electron chi connectivity index (χ3n) is 2.66. The van der Waals surface area contributed by atoms with E-state index in [4.69, 9.17) is 0 Å². The standard InChI is InChI=1S/C11H16N6/c1-7(2)9-10(8-5-15-16-17(8)4)13-6-14-11(9)12-3/h5-7H,1-4H3,(H,12,13,14). The number of nitrogens with zero attached hydrogens (tertiary/aromatic N) is 5. The van der Waals surface area contributed by atoms with Crippen molar-refractivity contribution in [2.45, 2.75) is 19.8 Å². The topological polar surface area (TPSA) is 68.5 Å². The highest BCUT2D eigenvalue weighted by Gasteiger charge is 2.17. The highest BCUT2D eigenvalue weighted by molar-refractivity contribution is 5.65. The molecule has 1 N–H and O–H groups in total. The average molecular weight is 232 g/mol. The van der Waals surface area contributed by atoms with Crippen LogP contribution in [0.3, 0.4) is 0 Å². The highest BCUT2D eigenvalue weighted by atomic mass is 15.4. The number of anilines is 1. The Morgan fingerprint density at radius 1 is 1.29 bits per heavy atom. The molecule has 2 rings (SSSR count). The normalized spacial score (nSPS) is 10.9. The zero-order valence-corrected chi connectivity index (χ0v) is 10.5. The Kier molecular flexibility index (Phi) is 3.03. The van der Waals surface area contributed by atoms with Crippen LogP contribution >= 0.6 is 0 Å². The molecule has 6 heteroatoms. The van der Waals surface area contributed by atoms with Gasteiger partial charge in [-0.2, -0.15) is 0 Å². The maximum absolute atomic E-state index is 4.36. The van der Waals surface area contributed by atoms with E-state index in [1.54, 1.807) is 17.2 Å². The third-order valence-corrected chi connectivity index (χ3v) is 2.66. The summed E-state index contributed by atoms with van der Waals surface area (Å²) in [6.07, 6.45) is 3.27. The van der Waals surface area contributed by atoms with Gasteiger partial charge < -0.3 is 5.32 Å². The van der Waals surface area contributed by atoms with Crippen molar-refractivity contribution < 1.29 is 0 Å². The Morgan fingerprint density at radius 2 is 2.06 bits per heavy atom. The van der Waals surface area contributed by atoms with Gasteiger partial charge in [0.15, 0.2) is 0 Å². The zero-order chi connectivity index (χ0) is 12.4. The van der Waals surface area contributed by atoms with Crippen molar-refractivity contribution in [1.82, 2.24) is 25.0 Å². The first-order valence-corrected chi connectivity index (χ1v) is 5.52. The third kappa shape index (κ3) is 1.98. The van der Waals surface area contributed by atoms with Gasteiger partial charge in [0.1, 0.15) is 17.8 Å². The SMILES string of the molecule is CNc1ncnc(-c2cnnn2C)c1C(C)C. The molecular formula is C11H16N6. The number of rotatable bonds is 3. The molecule has 0 aliphatic carbocycles. The summed E-state index contributed by atoms with van der Waals surface area (Å²) in [6.45, 7) is 4.24. The summed E-state index contributed by atoms with van der Waals surface area (Å²) in [4.78, 5) is 8.61. The molecule has 2 aromatic rings. The molecule has 0 saturated heterocycles. The lowest BCUT2D eigenvalue weighted by Gasteiger charge is -2.15. The fourth-order valence-corrected chi connectivity index (χ4v) is 1.85. The van der Waals surface area contributed by atoms with Crippen LogP contribution in [-0.2, 0) is 7.05 Å². The molecule has 2 heterocycles. The monoisotopic (exact) mass is 232 g/mol. The van der Waals surface area contributed by atoms with Crippen LogP contribution < -0.4 is 5.32 Å². The maximum Gasteiger partial charge on any atom is 0.133 e. The first-order chi connectivity index (χ1) is 8.15. The van der Waals surface area contributed by atoms with Crippen LogP contribution in [0.15, 0.2) is 12.5 Å². The van der Waals surface area contributed by atoms with Crippen molar-refractivity contribution in [1.29, 1.82) is 0 Å². The summed E-state index contributed by atoms with van der Waals surface area (Å²) in [5, 5.41) is 10.9. The molecule has 0 unspecified atom stereocenters. The van der Waals surface area contributed by atoms with Crippen molar-refractivity contribution in [2.24, 2.45) is 7.05 Å². The molecule has 0 aliphatic rings. The van der Waals surface area contributed by atoms with E-state index >= 15 is 0 Å². The molecule has 0 aliphatic heterocycles. The van der Waals surface area contributed by atoms with E-state index in [9.17, 15) is 0 Å². The minimum Gasteiger partial charge on any atom is -0.373 e. The Labute approximate surface area is 100 Å². The van der Waals surface area contributed by atoms with Gasteiger partial charge in [-0.3, -0.25) is 0 Å². The Balaban J connectivity index is 2.65. The zero-order valence-electron chi connectivity index (χ0n) is 10.5. The smallest absolute Gasteiger partial charge is 0.133 e. The van der Waals surface area contributed by atoms with Crippen molar-refractivity contribution in [2.75, 3.05) is 12.4 Å². The summed E-state index contributed by atoms with van der Waals surface area (Å²) >= 11 is 0. The molecule has 0 amide bonds. The minimum absolute atomic E-state index is 0.323. The molecule has 6 nitrogen and oxygen atoms in total. The summed E-state index contributed by atoms with van der Waals surface area (Å²) in [5.41, 5.74) is 2.86. The molecule has 0 atom stereocenters. The van der Waals surface area contributed by atoms with Gasteiger partial charge >= 0.3 is 0 Å². The van der Waals surface area contributed by atoms with Crippen LogP contribution in [0.2, 0.25) is 0 Å². The van der Waals surface area contributed by atoms with E-state index in [1.165, 1.54) is 0 Å². The Bertz CT molecular complexity index is 516. The van der Waals surface area contributed by atoms with E-state index in [0.29, 0.717) is 5.92 Å². The highest BCUT2D eigenvalue weighted by Crippen LogP contribution is 2.30. The Morgan fingerprint density at radius 3 is 2.59 bits per heavy atom. The quantitative estimate of drug-likeness (QED) is 0.867. The molecule has 0 aromatic carbocycles. The van der Waals surface area contributed by atoms with Crippen molar-refractivity contribution in [3.05, 3.63) is 18.1 Å². The molecule has 90 valence electrons. The molecule has 0 saturated carbocycles. The first kappa shape index (κ1) is 11.5. The fourth-order valence-electron chi connectivity index (χ4n) is 1.85. The van der Waals surface area contributed by atoms with Crippen LogP contribution in [0.5, 0.6) is 0 Å². The lowest BCUT2D eigenvalue weighted by molar-refractivity contribution is 0.716. The van der Waals surface area contributed by atoms with Gasteiger partial charge in [0.25, 0.3) is 0 Å². The molecular weight excluding hydrogens is 216 g/mol. The second kappa shape index (κ2) is 4.48. The number of nitrogens with one attached hydrogen (secondary N) is 1. The van der Waals surface area contributed by atoms with Crippen LogP contribution in [-0.4, -0.2) is 32.0 Å². The summed E-state index contributed by atoms with van der Waals surface area (Å²) < 4.78 is 1.72. The van der Waals surface area contributed by atoms with Gasteiger partial charge in [0.05, 0.1) is 11.9 Å². The largest absolute Gasteiger partial charge is 0.373 e. The van der Waals surface area contributed by atoms with Gasteiger partial charge in [-0.15, -0.1) is 5.10 Å². The van der Waals surface area contributed by atoms with Gasteiger partial charge in [-0.25, -0.2) is 14.6 Å². The van der Waals surface area contributed by atoms with E-state index in [2.05, 4.69) is 39.4 Å². The number of aromatic nitrogens is 5. The molecule has 17 heavy (non-hydrogen) atoms. The van der Waals surface area contributed by atoms with Gasteiger partial charge in [-0.05, 0) is 5.92 Å². The van der Waals surface area contributed by atoms with Crippen LogP contribution in [0.1, 0.15) is 25.3 Å². The summed E-state index contributed by atoms with van der Waals surface area (Å²) in [7, 11) is 3.72. The predicted octanol–water partition coefficient (Wildman–Crippen LogP) is 1.44. The average Bonchev–Trinajstić information content (AvgIpc) is 2.74. The Hall–Kier alpha value is -1.98. The van der Waals surface area contributed by atoms with Crippen LogP contribution in [0.4, 0.5) is 5.82 Å².